The molecule has 6 heteroatoms. The molecule has 0 heterocycles. The van der Waals surface area contributed by atoms with Crippen molar-refractivity contribution >= 4 is 0 Å². The minimum Gasteiger partial charge on any atom is -0.395 e. The number of likely N-dealkylation sites (N-methyl/N-ethyl adjacent to an activating group) is 1. The Balaban J connectivity index is 3.49. The molecule has 0 aliphatic rings. The molecule has 0 aromatic heterocycles. The van der Waals surface area contributed by atoms with Gasteiger partial charge in [-0.1, -0.05) is 6.92 Å². The third-order valence-corrected chi connectivity index (χ3v) is 1.30. The van der Waals surface area contributed by atoms with E-state index in [1.54, 1.807) is 6.92 Å². The molecule has 80 valence electrons. The predicted molar refractivity (Wildman–Crippen MR) is 41.4 cm³/mol. The quantitative estimate of drug-likeness (QED) is 0.659. The molecular weight excluding hydrogens is 187 g/mol. The first-order valence-electron chi connectivity index (χ1n) is 3.98. The molecular formula is C7H14F3NO2. The van der Waals surface area contributed by atoms with Gasteiger partial charge >= 0.3 is 6.18 Å². The molecule has 3 nitrogen and oxygen atoms in total. The molecule has 1 unspecified atom stereocenters. The van der Waals surface area contributed by atoms with E-state index in [1.807, 2.05) is 0 Å². The smallest absolute Gasteiger partial charge is 0.395 e. The van der Waals surface area contributed by atoms with Crippen molar-refractivity contribution < 1.29 is 23.0 Å². The van der Waals surface area contributed by atoms with Crippen LogP contribution in [0, 0.1) is 0 Å². The monoisotopic (exact) mass is 201 g/mol. The summed E-state index contributed by atoms with van der Waals surface area (Å²) >= 11 is 0. The van der Waals surface area contributed by atoms with Crippen LogP contribution in [0.5, 0.6) is 0 Å². The zero-order valence-electron chi connectivity index (χ0n) is 7.40. The number of halogens is 3. The Morgan fingerprint density at radius 1 is 1.46 bits per heavy atom. The summed E-state index contributed by atoms with van der Waals surface area (Å²) in [6.45, 7) is 0.747. The molecule has 2 N–H and O–H groups in total. The van der Waals surface area contributed by atoms with Crippen molar-refractivity contribution in [1.29, 1.82) is 0 Å². The second-order valence-corrected chi connectivity index (χ2v) is 2.57. The topological polar surface area (TPSA) is 41.5 Å². The Hall–Kier alpha value is -0.330. The number of rotatable bonds is 6. The number of aliphatic hydroxyl groups excluding tert-OH is 1. The van der Waals surface area contributed by atoms with Crippen LogP contribution >= 0.6 is 0 Å². The molecule has 0 aliphatic carbocycles. The molecule has 0 fully saturated rings. The number of hydrogen-bond donors (Lipinski definition) is 2. The number of nitrogens with one attached hydrogen (secondary N) is 1. The minimum absolute atomic E-state index is 0.135. The van der Waals surface area contributed by atoms with E-state index >= 15 is 0 Å². The van der Waals surface area contributed by atoms with E-state index in [4.69, 9.17) is 5.11 Å². The summed E-state index contributed by atoms with van der Waals surface area (Å²) in [5.74, 6) is 0. The third-order valence-electron chi connectivity index (χ3n) is 1.30. The van der Waals surface area contributed by atoms with Crippen molar-refractivity contribution in [1.82, 2.24) is 5.32 Å². The fraction of sp³-hybridized carbons (Fsp3) is 1.00. The molecule has 13 heavy (non-hydrogen) atoms. The zero-order valence-corrected chi connectivity index (χ0v) is 7.40. The molecule has 0 aromatic carbocycles. The van der Waals surface area contributed by atoms with Gasteiger partial charge in [-0.3, -0.25) is 0 Å². The van der Waals surface area contributed by atoms with E-state index in [2.05, 4.69) is 10.1 Å². The Labute approximate surface area is 74.9 Å². The van der Waals surface area contributed by atoms with E-state index in [0.717, 1.165) is 0 Å². The van der Waals surface area contributed by atoms with Gasteiger partial charge in [-0.05, 0) is 6.54 Å². The lowest BCUT2D eigenvalue weighted by Gasteiger charge is -2.15. The Morgan fingerprint density at radius 3 is 2.46 bits per heavy atom. The largest absolute Gasteiger partial charge is 0.411 e. The number of ether oxygens (including phenoxy) is 1. The lowest BCUT2D eigenvalue weighted by atomic mass is 10.3. The molecule has 0 saturated heterocycles. The van der Waals surface area contributed by atoms with Gasteiger partial charge in [0.05, 0.1) is 19.3 Å². The van der Waals surface area contributed by atoms with Crippen LogP contribution in [0.2, 0.25) is 0 Å². The molecule has 0 rings (SSSR count). The fourth-order valence-electron chi connectivity index (χ4n) is 0.782. The Bertz CT molecular complexity index is 129. The predicted octanol–water partition coefficient (Wildman–Crippen LogP) is 0.536. The standard InChI is InChI=1S/C7H14F3NO2/c1-2-11-6(3-12)4-13-5-7(8,9)10/h6,11-12H,2-5H2,1H3. The number of alkyl halides is 3. The summed E-state index contributed by atoms with van der Waals surface area (Å²) in [7, 11) is 0. The third kappa shape index (κ3) is 8.01. The van der Waals surface area contributed by atoms with Crippen LogP contribution in [0.1, 0.15) is 6.92 Å². The summed E-state index contributed by atoms with van der Waals surface area (Å²) in [6, 6.07) is -0.424. The maximum absolute atomic E-state index is 11.6. The highest BCUT2D eigenvalue weighted by molar-refractivity contribution is 4.63. The van der Waals surface area contributed by atoms with Gasteiger partial charge < -0.3 is 15.2 Å². The van der Waals surface area contributed by atoms with Gasteiger partial charge in [0.25, 0.3) is 0 Å². The second-order valence-electron chi connectivity index (χ2n) is 2.57. The van der Waals surface area contributed by atoms with Gasteiger partial charge in [0.2, 0.25) is 0 Å². The van der Waals surface area contributed by atoms with Crippen LogP contribution in [-0.4, -0.2) is 43.7 Å². The van der Waals surface area contributed by atoms with Gasteiger partial charge in [-0.15, -0.1) is 0 Å². The number of aliphatic hydroxyl groups is 1. The highest BCUT2D eigenvalue weighted by Crippen LogP contribution is 2.14. The minimum atomic E-state index is -4.30. The van der Waals surface area contributed by atoms with Crippen molar-refractivity contribution in [2.24, 2.45) is 0 Å². The van der Waals surface area contributed by atoms with Gasteiger partial charge in [0.15, 0.2) is 0 Å². The van der Waals surface area contributed by atoms with Crippen molar-refractivity contribution in [2.45, 2.75) is 19.1 Å². The molecule has 0 saturated carbocycles. The van der Waals surface area contributed by atoms with E-state index in [9.17, 15) is 13.2 Å². The van der Waals surface area contributed by atoms with Crippen LogP contribution in [0.4, 0.5) is 13.2 Å². The van der Waals surface area contributed by atoms with Crippen molar-refractivity contribution in [2.75, 3.05) is 26.4 Å². The summed E-state index contributed by atoms with van der Waals surface area (Å²) in [5, 5.41) is 11.4. The average Bonchev–Trinajstić information content (AvgIpc) is 2.01. The van der Waals surface area contributed by atoms with Crippen LogP contribution in [-0.2, 0) is 4.74 Å². The van der Waals surface area contributed by atoms with Crippen LogP contribution in [0.3, 0.4) is 0 Å². The van der Waals surface area contributed by atoms with E-state index in [1.165, 1.54) is 0 Å². The summed E-state index contributed by atoms with van der Waals surface area (Å²) in [4.78, 5) is 0. The number of hydrogen-bond acceptors (Lipinski definition) is 3. The van der Waals surface area contributed by atoms with Crippen LogP contribution in [0.25, 0.3) is 0 Å². The van der Waals surface area contributed by atoms with E-state index < -0.39 is 18.8 Å². The van der Waals surface area contributed by atoms with Gasteiger partial charge in [0, 0.05) is 0 Å². The molecule has 0 radical (unpaired) electrons. The van der Waals surface area contributed by atoms with Crippen LogP contribution in [0.15, 0.2) is 0 Å². The molecule has 0 bridgehead atoms. The normalized spacial score (nSPS) is 14.5. The van der Waals surface area contributed by atoms with E-state index in [-0.39, 0.29) is 13.2 Å². The van der Waals surface area contributed by atoms with Crippen molar-refractivity contribution in [3.63, 3.8) is 0 Å². The molecule has 0 amide bonds. The van der Waals surface area contributed by atoms with Crippen molar-refractivity contribution in [3.05, 3.63) is 0 Å². The van der Waals surface area contributed by atoms with Crippen molar-refractivity contribution in [3.8, 4) is 0 Å². The SMILES string of the molecule is CCNC(CO)COCC(F)(F)F. The zero-order chi connectivity index (χ0) is 10.3. The van der Waals surface area contributed by atoms with E-state index in [0.29, 0.717) is 6.54 Å². The maximum Gasteiger partial charge on any atom is 0.411 e. The first-order valence-corrected chi connectivity index (χ1v) is 3.98. The molecule has 1 atom stereocenters. The van der Waals surface area contributed by atoms with Gasteiger partial charge in [0.1, 0.15) is 6.61 Å². The summed E-state index contributed by atoms with van der Waals surface area (Å²) < 4.78 is 39.1. The van der Waals surface area contributed by atoms with Gasteiger partial charge in [-0.25, -0.2) is 0 Å². The first-order chi connectivity index (χ1) is 5.99. The Kier molecular flexibility index (Phi) is 6.02. The summed E-state index contributed by atoms with van der Waals surface area (Å²) in [5.41, 5.74) is 0. The highest BCUT2D eigenvalue weighted by atomic mass is 19.4. The second kappa shape index (κ2) is 6.17. The molecule has 0 aromatic rings. The summed E-state index contributed by atoms with van der Waals surface area (Å²) in [6.07, 6.45) is -4.30. The first kappa shape index (κ1) is 12.7. The average molecular weight is 201 g/mol. The van der Waals surface area contributed by atoms with Crippen LogP contribution < -0.4 is 5.32 Å². The lowest BCUT2D eigenvalue weighted by molar-refractivity contribution is -0.175. The highest BCUT2D eigenvalue weighted by Gasteiger charge is 2.27. The molecule has 0 aliphatic heterocycles. The molecule has 0 spiro atoms. The maximum atomic E-state index is 11.6. The fourth-order valence-corrected chi connectivity index (χ4v) is 0.782. The van der Waals surface area contributed by atoms with Gasteiger partial charge in [-0.2, -0.15) is 13.2 Å². The Morgan fingerprint density at radius 2 is 2.08 bits per heavy atom. The lowest BCUT2D eigenvalue weighted by Crippen LogP contribution is -2.37.